The van der Waals surface area contributed by atoms with Crippen molar-refractivity contribution >= 4 is 5.91 Å². The molecule has 3 nitrogen and oxygen atoms in total. The van der Waals surface area contributed by atoms with Gasteiger partial charge < -0.3 is 5.32 Å². The number of carbonyl (C=O) groups excluding carboxylic acids is 1. The minimum Gasteiger partial charge on any atom is -0.344 e. The van der Waals surface area contributed by atoms with Crippen molar-refractivity contribution in [1.82, 2.24) is 10.3 Å². The molecular weight excluding hydrogens is 236 g/mol. The molecule has 0 radical (unpaired) electrons. The molecule has 1 aromatic heterocycles. The molecule has 1 N–H and O–H groups in total. The second-order valence-corrected chi connectivity index (χ2v) is 4.72. The Bertz CT molecular complexity index is 558. The fraction of sp³-hybridized carbons (Fsp3) is 0.250. The molecule has 2 rings (SSSR count). The number of pyridine rings is 1. The summed E-state index contributed by atoms with van der Waals surface area (Å²) in [6, 6.07) is 11.4. The Morgan fingerprint density at radius 2 is 1.79 bits per heavy atom. The minimum absolute atomic E-state index is 0.0318. The van der Waals surface area contributed by atoms with Crippen LogP contribution in [0.3, 0.4) is 0 Å². The van der Waals surface area contributed by atoms with E-state index in [9.17, 15) is 4.79 Å². The monoisotopic (exact) mass is 254 g/mol. The molecule has 0 aliphatic rings. The lowest BCUT2D eigenvalue weighted by molar-refractivity contribution is 0.0934. The summed E-state index contributed by atoms with van der Waals surface area (Å²) in [6.07, 6.45) is 1.62. The fourth-order valence-corrected chi connectivity index (χ4v) is 2.35. The Morgan fingerprint density at radius 3 is 2.37 bits per heavy atom. The van der Waals surface area contributed by atoms with E-state index in [1.807, 2.05) is 19.1 Å². The van der Waals surface area contributed by atoms with Crippen molar-refractivity contribution in [3.05, 3.63) is 65.0 Å². The molecule has 0 spiro atoms. The van der Waals surface area contributed by atoms with Crippen molar-refractivity contribution in [2.24, 2.45) is 0 Å². The highest BCUT2D eigenvalue weighted by Crippen LogP contribution is 2.21. The fourth-order valence-electron chi connectivity index (χ4n) is 2.35. The van der Waals surface area contributed by atoms with Gasteiger partial charge in [0.1, 0.15) is 5.69 Å². The minimum atomic E-state index is -0.143. The third-order valence-corrected chi connectivity index (χ3v) is 3.22. The number of carbonyl (C=O) groups is 1. The van der Waals surface area contributed by atoms with Gasteiger partial charge in [-0.1, -0.05) is 24.3 Å². The van der Waals surface area contributed by atoms with E-state index in [1.165, 1.54) is 16.7 Å². The van der Waals surface area contributed by atoms with Gasteiger partial charge in [0.05, 0.1) is 6.04 Å². The lowest BCUT2D eigenvalue weighted by Crippen LogP contribution is -2.28. The highest BCUT2D eigenvalue weighted by atomic mass is 16.1. The van der Waals surface area contributed by atoms with Crippen LogP contribution in [-0.4, -0.2) is 10.9 Å². The number of amides is 1. The molecule has 1 atom stereocenters. The van der Waals surface area contributed by atoms with E-state index in [-0.39, 0.29) is 11.9 Å². The first-order chi connectivity index (χ1) is 9.09. The Balaban J connectivity index is 2.18. The third-order valence-electron chi connectivity index (χ3n) is 3.22. The van der Waals surface area contributed by atoms with Crippen molar-refractivity contribution in [2.45, 2.75) is 26.8 Å². The zero-order valence-corrected chi connectivity index (χ0v) is 11.5. The van der Waals surface area contributed by atoms with Gasteiger partial charge in [0.25, 0.3) is 5.91 Å². The van der Waals surface area contributed by atoms with Crippen molar-refractivity contribution in [1.29, 1.82) is 0 Å². The first kappa shape index (κ1) is 13.3. The van der Waals surface area contributed by atoms with Crippen molar-refractivity contribution < 1.29 is 4.79 Å². The molecule has 1 aromatic carbocycles. The highest BCUT2D eigenvalue weighted by Gasteiger charge is 2.15. The SMILES string of the molecule is Cc1cccc(C)c1C(C)NC(=O)c1ccccn1. The summed E-state index contributed by atoms with van der Waals surface area (Å²) in [4.78, 5) is 16.1. The molecule has 2 aromatic rings. The number of rotatable bonds is 3. The topological polar surface area (TPSA) is 42.0 Å². The van der Waals surface area contributed by atoms with E-state index in [2.05, 4.69) is 36.3 Å². The van der Waals surface area contributed by atoms with Crippen LogP contribution in [0.15, 0.2) is 42.6 Å². The predicted octanol–water partition coefficient (Wildman–Crippen LogP) is 3.19. The number of hydrogen-bond acceptors (Lipinski definition) is 2. The van der Waals surface area contributed by atoms with E-state index in [4.69, 9.17) is 0 Å². The molecule has 0 saturated carbocycles. The molecule has 0 aliphatic heterocycles. The number of nitrogens with one attached hydrogen (secondary N) is 1. The summed E-state index contributed by atoms with van der Waals surface area (Å²) in [5.74, 6) is -0.143. The number of aryl methyl sites for hydroxylation is 2. The Kier molecular flexibility index (Phi) is 3.95. The van der Waals surface area contributed by atoms with Crippen LogP contribution in [0.1, 0.15) is 40.1 Å². The van der Waals surface area contributed by atoms with Crippen molar-refractivity contribution in [3.8, 4) is 0 Å². The van der Waals surface area contributed by atoms with E-state index < -0.39 is 0 Å². The highest BCUT2D eigenvalue weighted by molar-refractivity contribution is 5.92. The van der Waals surface area contributed by atoms with Gasteiger partial charge in [0, 0.05) is 6.20 Å². The quantitative estimate of drug-likeness (QED) is 0.914. The molecule has 0 fully saturated rings. The van der Waals surface area contributed by atoms with Crippen LogP contribution in [0.25, 0.3) is 0 Å². The first-order valence-corrected chi connectivity index (χ1v) is 6.37. The number of aromatic nitrogens is 1. The van der Waals surface area contributed by atoms with Crippen LogP contribution in [0, 0.1) is 13.8 Å². The van der Waals surface area contributed by atoms with E-state index in [0.29, 0.717) is 5.69 Å². The van der Waals surface area contributed by atoms with Gasteiger partial charge in [-0.15, -0.1) is 0 Å². The van der Waals surface area contributed by atoms with Gasteiger partial charge in [0.2, 0.25) is 0 Å². The van der Waals surface area contributed by atoms with Gasteiger partial charge >= 0.3 is 0 Å². The number of nitrogens with zero attached hydrogens (tertiary/aromatic N) is 1. The molecule has 1 heterocycles. The normalized spacial score (nSPS) is 11.9. The third kappa shape index (κ3) is 2.99. The van der Waals surface area contributed by atoms with Crippen LogP contribution in [-0.2, 0) is 0 Å². The largest absolute Gasteiger partial charge is 0.344 e. The number of hydrogen-bond donors (Lipinski definition) is 1. The molecule has 98 valence electrons. The summed E-state index contributed by atoms with van der Waals surface area (Å²) >= 11 is 0. The summed E-state index contributed by atoms with van der Waals surface area (Å²) < 4.78 is 0. The maximum absolute atomic E-state index is 12.1. The number of benzene rings is 1. The van der Waals surface area contributed by atoms with Crippen LogP contribution in [0.5, 0.6) is 0 Å². The summed E-state index contributed by atoms with van der Waals surface area (Å²) in [6.45, 7) is 6.12. The lowest BCUT2D eigenvalue weighted by Gasteiger charge is -2.18. The molecule has 3 heteroatoms. The van der Waals surface area contributed by atoms with Crippen LogP contribution < -0.4 is 5.32 Å². The maximum atomic E-state index is 12.1. The Hall–Kier alpha value is -2.16. The second-order valence-electron chi connectivity index (χ2n) is 4.72. The van der Waals surface area contributed by atoms with Crippen LogP contribution in [0.4, 0.5) is 0 Å². The molecular formula is C16H18N2O. The van der Waals surface area contributed by atoms with Gasteiger partial charge in [-0.2, -0.15) is 0 Å². The summed E-state index contributed by atoms with van der Waals surface area (Å²) in [7, 11) is 0. The van der Waals surface area contributed by atoms with Crippen molar-refractivity contribution in [3.63, 3.8) is 0 Å². The van der Waals surface area contributed by atoms with Gasteiger partial charge in [-0.25, -0.2) is 0 Å². The van der Waals surface area contributed by atoms with Gasteiger partial charge in [-0.3, -0.25) is 9.78 Å². The average Bonchev–Trinajstić information content (AvgIpc) is 2.39. The Morgan fingerprint density at radius 1 is 1.11 bits per heavy atom. The molecule has 0 bridgehead atoms. The smallest absolute Gasteiger partial charge is 0.270 e. The zero-order valence-electron chi connectivity index (χ0n) is 11.5. The molecule has 1 amide bonds. The standard InChI is InChI=1S/C16H18N2O/c1-11-7-6-8-12(2)15(11)13(3)18-16(19)14-9-4-5-10-17-14/h4-10,13H,1-3H3,(H,18,19). The van der Waals surface area contributed by atoms with E-state index in [0.717, 1.165) is 0 Å². The molecule has 0 aliphatic carbocycles. The molecule has 19 heavy (non-hydrogen) atoms. The molecule has 0 saturated heterocycles. The van der Waals surface area contributed by atoms with E-state index >= 15 is 0 Å². The first-order valence-electron chi connectivity index (χ1n) is 6.37. The summed E-state index contributed by atoms with van der Waals surface area (Å²) in [5, 5.41) is 2.99. The van der Waals surface area contributed by atoms with Gasteiger partial charge in [-0.05, 0) is 49.6 Å². The maximum Gasteiger partial charge on any atom is 0.270 e. The lowest BCUT2D eigenvalue weighted by atomic mass is 9.97. The van der Waals surface area contributed by atoms with Crippen LogP contribution in [0.2, 0.25) is 0 Å². The zero-order chi connectivity index (χ0) is 13.8. The van der Waals surface area contributed by atoms with Crippen LogP contribution >= 0.6 is 0 Å². The van der Waals surface area contributed by atoms with Crippen molar-refractivity contribution in [2.75, 3.05) is 0 Å². The second kappa shape index (κ2) is 5.65. The Labute approximate surface area is 113 Å². The average molecular weight is 254 g/mol. The van der Waals surface area contributed by atoms with Gasteiger partial charge in [0.15, 0.2) is 0 Å². The molecule has 1 unspecified atom stereocenters. The van der Waals surface area contributed by atoms with E-state index in [1.54, 1.807) is 18.3 Å². The summed E-state index contributed by atoms with van der Waals surface area (Å²) in [5.41, 5.74) is 4.00. The predicted molar refractivity (Wildman–Crippen MR) is 76.0 cm³/mol.